The quantitative estimate of drug-likeness (QED) is 0.548. The topological polar surface area (TPSA) is 87.7 Å². The van der Waals surface area contributed by atoms with Crippen LogP contribution in [0.25, 0.3) is 0 Å². The predicted octanol–water partition coefficient (Wildman–Crippen LogP) is 2.95. The van der Waals surface area contributed by atoms with Crippen LogP contribution in [-0.2, 0) is 19.1 Å². The van der Waals surface area contributed by atoms with Crippen LogP contribution < -0.4 is 10.6 Å². The Morgan fingerprint density at radius 1 is 1.23 bits per heavy atom. The summed E-state index contributed by atoms with van der Waals surface area (Å²) in [6, 6.07) is 4.08. The number of rotatable bonds is 5. The van der Waals surface area contributed by atoms with E-state index in [1.54, 1.807) is 12.1 Å². The third-order valence-corrected chi connectivity index (χ3v) is 5.85. The molecule has 1 aromatic rings. The summed E-state index contributed by atoms with van der Waals surface area (Å²) in [5.74, 6) is -1.13. The molecular formula is C23H32FN3O4. The summed E-state index contributed by atoms with van der Waals surface area (Å²) in [7, 11) is 0. The molecule has 2 saturated heterocycles. The lowest BCUT2D eigenvalue weighted by Crippen LogP contribution is -2.47. The Kier molecular flexibility index (Phi) is 6.99. The van der Waals surface area contributed by atoms with E-state index >= 15 is 0 Å². The van der Waals surface area contributed by atoms with Gasteiger partial charge in [-0.3, -0.25) is 24.6 Å². The van der Waals surface area contributed by atoms with Gasteiger partial charge in [-0.25, -0.2) is 4.39 Å². The minimum Gasteiger partial charge on any atom is -0.459 e. The largest absolute Gasteiger partial charge is 0.459 e. The van der Waals surface area contributed by atoms with E-state index in [-0.39, 0.29) is 42.0 Å². The Hall–Kier alpha value is -2.48. The second-order valence-corrected chi connectivity index (χ2v) is 9.40. The first-order valence-corrected chi connectivity index (χ1v) is 10.9. The van der Waals surface area contributed by atoms with Gasteiger partial charge in [-0.2, -0.15) is 0 Å². The molecule has 0 aromatic heterocycles. The first-order valence-electron chi connectivity index (χ1n) is 10.9. The average Bonchev–Trinajstić information content (AvgIpc) is 2.68. The summed E-state index contributed by atoms with van der Waals surface area (Å²) in [6.45, 7) is 8.80. The number of piperidine rings is 2. The molecule has 0 radical (unpaired) electrons. The molecule has 170 valence electrons. The van der Waals surface area contributed by atoms with Crippen LogP contribution in [0.5, 0.6) is 0 Å². The first-order chi connectivity index (χ1) is 14.5. The highest BCUT2D eigenvalue weighted by atomic mass is 19.1. The molecular weight excluding hydrogens is 401 g/mol. The number of halogens is 1. The van der Waals surface area contributed by atoms with Gasteiger partial charge in [0.2, 0.25) is 11.8 Å². The molecule has 2 atom stereocenters. The number of anilines is 1. The second kappa shape index (κ2) is 9.34. The molecule has 2 aliphatic heterocycles. The van der Waals surface area contributed by atoms with Gasteiger partial charge < -0.3 is 10.1 Å². The van der Waals surface area contributed by atoms with Crippen molar-refractivity contribution in [1.82, 2.24) is 10.2 Å². The number of hydrogen-bond donors (Lipinski definition) is 2. The van der Waals surface area contributed by atoms with Crippen LogP contribution in [0, 0.1) is 5.82 Å². The molecule has 2 unspecified atom stereocenters. The van der Waals surface area contributed by atoms with Crippen molar-refractivity contribution in [3.63, 3.8) is 0 Å². The van der Waals surface area contributed by atoms with Gasteiger partial charge in [0, 0.05) is 12.1 Å². The summed E-state index contributed by atoms with van der Waals surface area (Å²) in [5, 5.41) is 5.30. The van der Waals surface area contributed by atoms with E-state index in [2.05, 4.69) is 15.5 Å². The van der Waals surface area contributed by atoms with E-state index in [0.29, 0.717) is 30.8 Å². The van der Waals surface area contributed by atoms with E-state index in [1.807, 2.05) is 27.7 Å². The van der Waals surface area contributed by atoms with Crippen LogP contribution in [0.1, 0.15) is 64.9 Å². The van der Waals surface area contributed by atoms with Crippen LogP contribution in [0.2, 0.25) is 0 Å². The Balaban J connectivity index is 1.56. The molecule has 0 aliphatic carbocycles. The third kappa shape index (κ3) is 6.03. The number of nitrogens with zero attached hydrogens (tertiary/aromatic N) is 1. The number of imide groups is 1. The smallest absolute Gasteiger partial charge is 0.323 e. The molecule has 8 heteroatoms. The van der Waals surface area contributed by atoms with E-state index in [9.17, 15) is 18.8 Å². The molecule has 7 nitrogen and oxygen atoms in total. The Morgan fingerprint density at radius 2 is 1.90 bits per heavy atom. The van der Waals surface area contributed by atoms with E-state index in [0.717, 1.165) is 12.8 Å². The minimum absolute atomic E-state index is 0.0757. The standard InChI is InChI=1S/C23H32FN3O4/c1-14(22(30)31-23(2,3)4)27-11-9-15(10-12-27)17-6-5-16(13-18(17)24)25-19-7-8-20(28)26-21(19)29/h5-6,13-15,19,25H,7-12H2,1-4H3,(H,26,28,29). The lowest BCUT2D eigenvalue weighted by atomic mass is 9.88. The second-order valence-electron chi connectivity index (χ2n) is 9.40. The number of nitrogens with one attached hydrogen (secondary N) is 2. The number of hydrogen-bond acceptors (Lipinski definition) is 6. The highest BCUT2D eigenvalue weighted by Gasteiger charge is 2.31. The average molecular weight is 434 g/mol. The van der Waals surface area contributed by atoms with Crippen molar-refractivity contribution >= 4 is 23.5 Å². The maximum absolute atomic E-state index is 14.8. The van der Waals surface area contributed by atoms with Gasteiger partial charge in [0.1, 0.15) is 23.5 Å². The summed E-state index contributed by atoms with van der Waals surface area (Å²) < 4.78 is 20.3. The monoisotopic (exact) mass is 433 g/mol. The fourth-order valence-electron chi connectivity index (χ4n) is 4.11. The maximum Gasteiger partial charge on any atom is 0.323 e. The minimum atomic E-state index is -0.541. The van der Waals surface area contributed by atoms with Crippen LogP contribution in [0.4, 0.5) is 10.1 Å². The summed E-state index contributed by atoms with van der Waals surface area (Å²) >= 11 is 0. The zero-order valence-electron chi connectivity index (χ0n) is 18.7. The van der Waals surface area contributed by atoms with Crippen molar-refractivity contribution < 1.29 is 23.5 Å². The number of likely N-dealkylation sites (tertiary alicyclic amines) is 1. The van der Waals surface area contributed by atoms with Crippen molar-refractivity contribution in [2.45, 2.75) is 77.0 Å². The van der Waals surface area contributed by atoms with Crippen LogP contribution in [0.3, 0.4) is 0 Å². The zero-order valence-corrected chi connectivity index (χ0v) is 18.7. The molecule has 2 heterocycles. The zero-order chi connectivity index (χ0) is 22.8. The molecule has 0 saturated carbocycles. The fourth-order valence-corrected chi connectivity index (χ4v) is 4.11. The van der Waals surface area contributed by atoms with Gasteiger partial charge >= 0.3 is 5.97 Å². The lowest BCUT2D eigenvalue weighted by molar-refractivity contribution is -0.161. The van der Waals surface area contributed by atoms with E-state index in [4.69, 9.17) is 4.74 Å². The van der Waals surface area contributed by atoms with Crippen molar-refractivity contribution in [3.05, 3.63) is 29.6 Å². The van der Waals surface area contributed by atoms with Crippen molar-refractivity contribution in [2.24, 2.45) is 0 Å². The van der Waals surface area contributed by atoms with Gasteiger partial charge in [0.25, 0.3) is 0 Å². The normalized spacial score (nSPS) is 22.0. The highest BCUT2D eigenvalue weighted by Crippen LogP contribution is 2.32. The summed E-state index contributed by atoms with van der Waals surface area (Å²) in [5.41, 5.74) is 0.654. The van der Waals surface area contributed by atoms with Gasteiger partial charge in [0.05, 0.1) is 0 Å². The Bertz CT molecular complexity index is 844. The molecule has 0 bridgehead atoms. The van der Waals surface area contributed by atoms with E-state index < -0.39 is 11.6 Å². The number of amides is 2. The highest BCUT2D eigenvalue weighted by molar-refractivity contribution is 6.01. The van der Waals surface area contributed by atoms with Crippen molar-refractivity contribution in [1.29, 1.82) is 0 Å². The number of carbonyl (C=O) groups is 3. The van der Waals surface area contributed by atoms with Crippen molar-refractivity contribution in [3.8, 4) is 0 Å². The number of esters is 1. The van der Waals surface area contributed by atoms with Gasteiger partial charge in [-0.05, 0) is 83.7 Å². The molecule has 2 fully saturated rings. The van der Waals surface area contributed by atoms with Crippen LogP contribution >= 0.6 is 0 Å². The SMILES string of the molecule is CC(C(=O)OC(C)(C)C)N1CCC(c2ccc(NC3CCC(=O)NC3=O)cc2F)CC1. The van der Waals surface area contributed by atoms with Gasteiger partial charge in [-0.1, -0.05) is 6.07 Å². The molecule has 0 spiro atoms. The van der Waals surface area contributed by atoms with Crippen LogP contribution in [0.15, 0.2) is 18.2 Å². The molecule has 2 amide bonds. The predicted molar refractivity (Wildman–Crippen MR) is 115 cm³/mol. The number of ether oxygens (including phenoxy) is 1. The Labute approximate surface area is 182 Å². The van der Waals surface area contributed by atoms with E-state index in [1.165, 1.54) is 6.07 Å². The maximum atomic E-state index is 14.8. The van der Waals surface area contributed by atoms with Crippen LogP contribution in [-0.4, -0.2) is 53.5 Å². The fraction of sp³-hybridized carbons (Fsp3) is 0.609. The van der Waals surface area contributed by atoms with Gasteiger partial charge in [0.15, 0.2) is 0 Å². The summed E-state index contributed by atoms with van der Waals surface area (Å²) in [6.07, 6.45) is 2.17. The molecule has 3 rings (SSSR count). The molecule has 2 aliphatic rings. The lowest BCUT2D eigenvalue weighted by Gasteiger charge is -2.36. The van der Waals surface area contributed by atoms with Gasteiger partial charge in [-0.15, -0.1) is 0 Å². The Morgan fingerprint density at radius 3 is 2.48 bits per heavy atom. The molecule has 2 N–H and O–H groups in total. The summed E-state index contributed by atoms with van der Waals surface area (Å²) in [4.78, 5) is 37.6. The molecule has 1 aromatic carbocycles. The number of carbonyl (C=O) groups excluding carboxylic acids is 3. The molecule has 31 heavy (non-hydrogen) atoms. The van der Waals surface area contributed by atoms with Crippen molar-refractivity contribution in [2.75, 3.05) is 18.4 Å². The third-order valence-electron chi connectivity index (χ3n) is 5.85. The first kappa shape index (κ1) is 23.2. The number of benzene rings is 1.